The minimum atomic E-state index is 1.24. The van der Waals surface area contributed by atoms with Gasteiger partial charge in [-0.25, -0.2) is 0 Å². The zero-order valence-corrected chi connectivity index (χ0v) is 9.24. The first kappa shape index (κ1) is 11.7. The lowest BCUT2D eigenvalue weighted by Gasteiger charge is -2.06. The van der Waals surface area contributed by atoms with Gasteiger partial charge in [-0.2, -0.15) is 0 Å². The van der Waals surface area contributed by atoms with Crippen molar-refractivity contribution in [2.75, 3.05) is 0 Å². The molecule has 0 saturated heterocycles. The summed E-state index contributed by atoms with van der Waals surface area (Å²) in [5, 5.41) is 0. The number of unbranched alkanes of at least 4 members (excludes halogenated alkanes) is 3. The average molecular weight is 168 g/mol. The monoisotopic (exact) mass is 168 g/mol. The summed E-state index contributed by atoms with van der Waals surface area (Å²) in [6.07, 6.45) is 8.12. The van der Waals surface area contributed by atoms with Gasteiger partial charge < -0.3 is 0 Å². The van der Waals surface area contributed by atoms with E-state index in [2.05, 4.69) is 27.7 Å². The van der Waals surface area contributed by atoms with E-state index in [-0.39, 0.29) is 0 Å². The van der Waals surface area contributed by atoms with Crippen molar-refractivity contribution in [2.24, 2.45) is 0 Å². The van der Waals surface area contributed by atoms with Gasteiger partial charge in [0.05, 0.1) is 0 Å². The lowest BCUT2D eigenvalue weighted by atomic mass is 10.0. The molecule has 0 aliphatic carbocycles. The zero-order valence-electron chi connectivity index (χ0n) is 9.24. The molecule has 0 aromatic heterocycles. The van der Waals surface area contributed by atoms with Crippen molar-refractivity contribution in [1.29, 1.82) is 0 Å². The zero-order chi connectivity index (χ0) is 9.40. The fourth-order valence-corrected chi connectivity index (χ4v) is 1.55. The molecule has 0 heterocycles. The molecule has 0 amide bonds. The van der Waals surface area contributed by atoms with Crippen molar-refractivity contribution < 1.29 is 0 Å². The van der Waals surface area contributed by atoms with Crippen LogP contribution in [0.2, 0.25) is 0 Å². The second kappa shape index (κ2) is 7.39. The first-order valence-electron chi connectivity index (χ1n) is 5.37. The molecule has 0 unspecified atom stereocenters. The standard InChI is InChI=1S/C12H24/c1-5-7-8-9-10-12(6-2)11(3)4/h5-10H2,1-4H3. The Bertz CT molecular complexity index is 127. The highest BCUT2D eigenvalue weighted by Gasteiger charge is 1.96. The molecule has 0 nitrogen and oxygen atoms in total. The Morgan fingerprint density at radius 1 is 0.917 bits per heavy atom. The van der Waals surface area contributed by atoms with Gasteiger partial charge in [0.25, 0.3) is 0 Å². The van der Waals surface area contributed by atoms with Crippen molar-refractivity contribution in [3.8, 4) is 0 Å². The van der Waals surface area contributed by atoms with Crippen LogP contribution in [0.1, 0.15) is 66.2 Å². The molecule has 0 rings (SSSR count). The highest BCUT2D eigenvalue weighted by molar-refractivity contribution is 5.08. The van der Waals surface area contributed by atoms with Gasteiger partial charge in [0, 0.05) is 0 Å². The summed E-state index contributed by atoms with van der Waals surface area (Å²) in [6.45, 7) is 9.00. The van der Waals surface area contributed by atoms with Crippen LogP contribution < -0.4 is 0 Å². The molecule has 0 atom stereocenters. The van der Waals surface area contributed by atoms with Gasteiger partial charge in [-0.05, 0) is 33.1 Å². The minimum absolute atomic E-state index is 1.24. The van der Waals surface area contributed by atoms with E-state index in [4.69, 9.17) is 0 Å². The molecular weight excluding hydrogens is 144 g/mol. The number of hydrogen-bond acceptors (Lipinski definition) is 0. The third kappa shape index (κ3) is 5.40. The van der Waals surface area contributed by atoms with Gasteiger partial charge in [-0.1, -0.05) is 44.3 Å². The Balaban J connectivity index is 3.53. The molecule has 12 heavy (non-hydrogen) atoms. The summed E-state index contributed by atoms with van der Waals surface area (Å²) >= 11 is 0. The molecule has 0 aromatic rings. The lowest BCUT2D eigenvalue weighted by Crippen LogP contribution is -1.86. The summed E-state index contributed by atoms with van der Waals surface area (Å²) in [4.78, 5) is 0. The molecule has 0 aliphatic heterocycles. The van der Waals surface area contributed by atoms with Crippen LogP contribution in [0, 0.1) is 0 Å². The predicted molar refractivity (Wildman–Crippen MR) is 57.4 cm³/mol. The topological polar surface area (TPSA) is 0 Å². The first-order chi connectivity index (χ1) is 5.72. The third-order valence-corrected chi connectivity index (χ3v) is 2.47. The molecule has 0 radical (unpaired) electrons. The van der Waals surface area contributed by atoms with Gasteiger partial charge in [0.15, 0.2) is 0 Å². The fraction of sp³-hybridized carbons (Fsp3) is 0.833. The second-order valence-electron chi connectivity index (χ2n) is 3.77. The Kier molecular flexibility index (Phi) is 7.23. The van der Waals surface area contributed by atoms with Crippen LogP contribution in [0.4, 0.5) is 0 Å². The van der Waals surface area contributed by atoms with Crippen molar-refractivity contribution >= 4 is 0 Å². The number of rotatable bonds is 6. The highest BCUT2D eigenvalue weighted by Crippen LogP contribution is 2.16. The van der Waals surface area contributed by atoms with Crippen molar-refractivity contribution in [3.63, 3.8) is 0 Å². The molecular formula is C12H24. The van der Waals surface area contributed by atoms with E-state index in [1.54, 1.807) is 5.57 Å². The predicted octanol–water partition coefficient (Wildman–Crippen LogP) is 4.70. The molecule has 0 heteroatoms. The average Bonchev–Trinajstić information content (AvgIpc) is 2.04. The summed E-state index contributed by atoms with van der Waals surface area (Å²) in [5.74, 6) is 0. The molecule has 0 N–H and O–H groups in total. The lowest BCUT2D eigenvalue weighted by molar-refractivity contribution is 0.655. The number of hydrogen-bond donors (Lipinski definition) is 0. The normalized spacial score (nSPS) is 10.0. The van der Waals surface area contributed by atoms with Gasteiger partial charge in [0.1, 0.15) is 0 Å². The molecule has 0 aromatic carbocycles. The molecule has 72 valence electrons. The van der Waals surface area contributed by atoms with Crippen molar-refractivity contribution in [3.05, 3.63) is 11.1 Å². The SMILES string of the molecule is CCCCCCC(CC)=C(C)C. The summed E-state index contributed by atoms with van der Waals surface area (Å²) in [7, 11) is 0. The van der Waals surface area contributed by atoms with Crippen molar-refractivity contribution in [1.82, 2.24) is 0 Å². The van der Waals surface area contributed by atoms with Crippen LogP contribution >= 0.6 is 0 Å². The van der Waals surface area contributed by atoms with E-state index in [9.17, 15) is 0 Å². The highest BCUT2D eigenvalue weighted by atomic mass is 14.0. The fourth-order valence-electron chi connectivity index (χ4n) is 1.55. The van der Waals surface area contributed by atoms with Crippen LogP contribution in [0.15, 0.2) is 11.1 Å². The van der Waals surface area contributed by atoms with Gasteiger partial charge >= 0.3 is 0 Å². The maximum atomic E-state index is 2.27. The number of allylic oxidation sites excluding steroid dienone is 2. The summed E-state index contributed by atoms with van der Waals surface area (Å²) < 4.78 is 0. The van der Waals surface area contributed by atoms with E-state index in [0.29, 0.717) is 0 Å². The molecule has 0 aliphatic rings. The summed E-state index contributed by atoms with van der Waals surface area (Å²) in [6, 6.07) is 0. The molecule has 0 fully saturated rings. The van der Waals surface area contributed by atoms with E-state index < -0.39 is 0 Å². The van der Waals surface area contributed by atoms with Crippen LogP contribution in [-0.4, -0.2) is 0 Å². The smallest absolute Gasteiger partial charge is 0.0318 e. The molecule has 0 bridgehead atoms. The second-order valence-corrected chi connectivity index (χ2v) is 3.77. The van der Waals surface area contributed by atoms with Gasteiger partial charge in [-0.15, -0.1) is 0 Å². The summed E-state index contributed by atoms with van der Waals surface area (Å²) in [5.41, 5.74) is 3.21. The quantitative estimate of drug-likeness (QED) is 0.398. The Labute approximate surface area is 78.1 Å². The Hall–Kier alpha value is -0.260. The maximum Gasteiger partial charge on any atom is -0.0318 e. The molecule has 0 saturated carbocycles. The van der Waals surface area contributed by atoms with E-state index in [1.807, 2.05) is 0 Å². The largest absolute Gasteiger partial charge is 0.0772 e. The van der Waals surface area contributed by atoms with Gasteiger partial charge in [-0.3, -0.25) is 0 Å². The van der Waals surface area contributed by atoms with E-state index in [1.165, 1.54) is 44.1 Å². The van der Waals surface area contributed by atoms with Crippen LogP contribution in [0.5, 0.6) is 0 Å². The van der Waals surface area contributed by atoms with E-state index >= 15 is 0 Å². The Morgan fingerprint density at radius 3 is 2.00 bits per heavy atom. The van der Waals surface area contributed by atoms with E-state index in [0.717, 1.165) is 0 Å². The van der Waals surface area contributed by atoms with Crippen LogP contribution in [0.25, 0.3) is 0 Å². The van der Waals surface area contributed by atoms with Crippen molar-refractivity contribution in [2.45, 2.75) is 66.2 Å². The van der Waals surface area contributed by atoms with Crippen LogP contribution in [0.3, 0.4) is 0 Å². The third-order valence-electron chi connectivity index (χ3n) is 2.47. The minimum Gasteiger partial charge on any atom is -0.0772 e. The van der Waals surface area contributed by atoms with Gasteiger partial charge in [0.2, 0.25) is 0 Å². The first-order valence-corrected chi connectivity index (χ1v) is 5.37. The maximum absolute atomic E-state index is 2.27. The van der Waals surface area contributed by atoms with Crippen LogP contribution in [-0.2, 0) is 0 Å². The molecule has 0 spiro atoms. The Morgan fingerprint density at radius 2 is 1.58 bits per heavy atom.